The third-order valence-electron chi connectivity index (χ3n) is 22.6. The van der Waals surface area contributed by atoms with Gasteiger partial charge in [0.2, 0.25) is 5.95 Å². The van der Waals surface area contributed by atoms with E-state index in [4.69, 9.17) is 56.4 Å². The van der Waals surface area contributed by atoms with Crippen molar-refractivity contribution in [1.82, 2.24) is 52.7 Å². The van der Waals surface area contributed by atoms with Crippen LogP contribution >= 0.6 is 11.3 Å². The van der Waals surface area contributed by atoms with Crippen molar-refractivity contribution >= 4 is 156 Å². The maximum Gasteiger partial charge on any atom is 2.00 e. The predicted molar refractivity (Wildman–Crippen MR) is 475 cm³/mol. The van der Waals surface area contributed by atoms with Crippen LogP contribution in [0.2, 0.25) is 0 Å². The number of aromatic nitrogens is 11. The number of pyridine rings is 2. The number of furan rings is 3. The molecule has 23 heteroatoms. The molecule has 0 spiro atoms. The molecule has 10 aromatic carbocycles. The van der Waals surface area contributed by atoms with Crippen molar-refractivity contribution in [2.75, 3.05) is 9.80 Å². The zero-order valence-corrected chi connectivity index (χ0v) is 74.2. The first-order chi connectivity index (χ1) is 59.5. The number of hydrogen-bond acceptors (Lipinski definition) is 15. The van der Waals surface area contributed by atoms with Crippen LogP contribution in [-0.2, 0) is 97.2 Å². The standard InChI is InChI=1S/C39H24N4O2.C33H25N5O2.C29H16N4O2S.3Pt/c1-42-32-16-8-7-12-28(32)23-33(42)30-15-9-17-35-37(30)41-39(45-35)43(29-13-3-2-4-14-29)36-21-20-34-38(40-36)31(24-44-34)27-19-18-25-10-5-6-11-26(25)22-27;1-20-17-21(2)37(18-20)27-19-39-31-30(27)35-33(40-31)38(24-10-5-4-6-11-24)32-34-29-26(36(32)3)16-15-23-14-13-22-9-7-8-12-25(22)28(23)29;1-32-12-11-18(14-32)22-16-36-24-13-20-19-9-5-6-10-23(19)33(27(20)30-25(22)24)29-31-26-21(15-34-28(26)35-29)17-7-3-2-4-8-17;;;/h2-18,20-22,24H,1H3;4-11,15-17,19H,13-14H2,1-3H3;2-7,9-10,12-16H,1H3;;;/q3*-2;3*+2. The van der Waals surface area contributed by atoms with Gasteiger partial charge in [-0.2, -0.15) is 39.0 Å². The normalized spacial score (nSPS) is 11.8. The number of fused-ring (bicyclic) bond motifs is 15. The number of oxazole rings is 3. The maximum atomic E-state index is 6.49. The topological polar surface area (TPSA) is 187 Å². The number of thiophene rings is 1. The van der Waals surface area contributed by atoms with Gasteiger partial charge >= 0.3 is 92.8 Å². The fourth-order valence-electron chi connectivity index (χ4n) is 16.9. The van der Waals surface area contributed by atoms with E-state index in [2.05, 4.69) is 149 Å². The summed E-state index contributed by atoms with van der Waals surface area (Å²) in [7, 11) is 6.08. The first-order valence-corrected chi connectivity index (χ1v) is 40.4. The Bertz CT molecular complexity index is 8180. The third-order valence-corrected chi connectivity index (χ3v) is 23.6. The van der Waals surface area contributed by atoms with Crippen molar-refractivity contribution < 1.29 is 89.7 Å². The van der Waals surface area contributed by atoms with E-state index in [9.17, 15) is 0 Å². The van der Waals surface area contributed by atoms with Gasteiger partial charge in [0.05, 0.1) is 57.7 Å². The molecule has 14 aromatic heterocycles. The van der Waals surface area contributed by atoms with Crippen LogP contribution in [0.3, 0.4) is 0 Å². The Balaban J connectivity index is 0.000000117. The fraction of sp³-hybridized carbons (Fsp3) is 0.0693. The molecule has 0 amide bonds. The van der Waals surface area contributed by atoms with E-state index in [1.54, 1.807) is 30.1 Å². The van der Waals surface area contributed by atoms with Crippen LogP contribution in [0.1, 0.15) is 22.4 Å². The molecule has 0 unspecified atom stereocenters. The van der Waals surface area contributed by atoms with Gasteiger partial charge in [-0.1, -0.05) is 176 Å². The second kappa shape index (κ2) is 31.9. The minimum absolute atomic E-state index is 0. The van der Waals surface area contributed by atoms with Crippen molar-refractivity contribution in [1.29, 1.82) is 0 Å². The van der Waals surface area contributed by atoms with Gasteiger partial charge in [-0.3, -0.25) is 0 Å². The molecule has 0 atom stereocenters. The van der Waals surface area contributed by atoms with E-state index in [1.165, 1.54) is 11.1 Å². The van der Waals surface area contributed by atoms with Crippen LogP contribution in [0.4, 0.5) is 35.2 Å². The average molecular weight is 2170 g/mol. The zero-order valence-electron chi connectivity index (χ0n) is 66.6. The van der Waals surface area contributed by atoms with Crippen molar-refractivity contribution in [2.24, 2.45) is 21.1 Å². The van der Waals surface area contributed by atoms with Gasteiger partial charge < -0.3 is 44.8 Å². The van der Waals surface area contributed by atoms with Gasteiger partial charge in [-0.05, 0) is 102 Å². The SMILES string of the molecule is Cc1[c-]n(-c2coc3oc(N(c4ccccc4)c4nc5c6c(ccc5n4C)CCc4ccc[c-]c4-6)nc23)c(C)c1.Cn1c(-c2cccc3oc(N(c4ccccc4)c4ccc5occ(-c6[c-]cc7ccccc7c6)c5n4)nc23)[c-]c2ccccc21.Cn1c[c-]c(-c2csc3cc4c5ccccc5n(-c5nc6c(-c7[c-]cccc7)coc6o5)c4nc23)c1.[Pt+2].[Pt+2].[Pt+2]. The second-order valence-corrected chi connectivity index (χ2v) is 31.0. The van der Waals surface area contributed by atoms with Crippen LogP contribution in [0.5, 0.6) is 0 Å². The molecule has 19 nitrogen and oxygen atoms in total. The Morgan fingerprint density at radius 1 is 0.468 bits per heavy atom. The van der Waals surface area contributed by atoms with Gasteiger partial charge in [0.15, 0.2) is 0 Å². The summed E-state index contributed by atoms with van der Waals surface area (Å²) in [6, 6.07) is 99.7. The van der Waals surface area contributed by atoms with E-state index < -0.39 is 0 Å². The Morgan fingerprint density at radius 3 is 2.00 bits per heavy atom. The molecule has 0 bridgehead atoms. The average Bonchev–Trinajstić information content (AvgIpc) is 1.56. The number of anilines is 6. The molecule has 0 saturated carbocycles. The summed E-state index contributed by atoms with van der Waals surface area (Å²) in [6.45, 7) is 4.06. The van der Waals surface area contributed by atoms with Crippen molar-refractivity contribution in [3.05, 3.63) is 338 Å². The Hall–Kier alpha value is -13.7. The van der Waals surface area contributed by atoms with Crippen molar-refractivity contribution in [2.45, 2.75) is 26.7 Å². The van der Waals surface area contributed by atoms with Crippen LogP contribution in [-0.4, -0.2) is 52.7 Å². The minimum atomic E-state index is 0. The maximum absolute atomic E-state index is 6.49. The van der Waals surface area contributed by atoms with Gasteiger partial charge in [-0.25, -0.2) is 34.3 Å². The smallest absolute Gasteiger partial charge is 0.473 e. The molecule has 24 aromatic rings. The van der Waals surface area contributed by atoms with E-state index >= 15 is 0 Å². The van der Waals surface area contributed by atoms with Crippen molar-refractivity contribution in [3.63, 3.8) is 0 Å². The molecular weight excluding hydrogens is 2110 g/mol. The number of imidazole rings is 1. The molecule has 14 heterocycles. The zero-order chi connectivity index (χ0) is 80.7. The second-order valence-electron chi connectivity index (χ2n) is 30.1. The van der Waals surface area contributed by atoms with Crippen LogP contribution < -0.4 is 9.80 Å². The predicted octanol–water partition coefficient (Wildman–Crippen LogP) is 25.0. The molecule has 124 heavy (non-hydrogen) atoms. The summed E-state index contributed by atoms with van der Waals surface area (Å²) in [5, 5.41) is 7.61. The number of hydrogen-bond donors (Lipinski definition) is 0. The number of nitrogens with zero attached hydrogens (tertiary/aromatic N) is 13. The van der Waals surface area contributed by atoms with Crippen LogP contribution in [0, 0.1) is 50.4 Å². The number of aryl methyl sites for hydroxylation is 7. The third kappa shape index (κ3) is 13.4. The minimum Gasteiger partial charge on any atom is -0.473 e. The first kappa shape index (κ1) is 78.8. The molecule has 1 aliphatic rings. The molecule has 25 rings (SSSR count). The molecule has 1 aliphatic carbocycles. The van der Waals surface area contributed by atoms with Gasteiger partial charge in [0.25, 0.3) is 0 Å². The molecular formula is C101H65N13O6Pt3S. The van der Waals surface area contributed by atoms with Crippen molar-refractivity contribution in [3.8, 4) is 67.5 Å². The molecule has 0 fully saturated rings. The monoisotopic (exact) mass is 2170 g/mol. The Labute approximate surface area is 755 Å². The van der Waals surface area contributed by atoms with Gasteiger partial charge in [-0.15, -0.1) is 135 Å². The summed E-state index contributed by atoms with van der Waals surface area (Å²) in [6.07, 6.45) is 14.4. The number of para-hydroxylation sites is 5. The molecule has 0 aliphatic heterocycles. The molecule has 606 valence electrons. The van der Waals surface area contributed by atoms with E-state index in [0.29, 0.717) is 63.6 Å². The van der Waals surface area contributed by atoms with E-state index in [-0.39, 0.29) is 63.2 Å². The number of rotatable bonds is 12. The summed E-state index contributed by atoms with van der Waals surface area (Å²) >= 11 is 1.69. The van der Waals surface area contributed by atoms with E-state index in [1.807, 2.05) is 215 Å². The Morgan fingerprint density at radius 2 is 1.19 bits per heavy atom. The molecule has 0 saturated heterocycles. The van der Waals surface area contributed by atoms with Crippen LogP contribution in [0.25, 0.3) is 177 Å². The van der Waals surface area contributed by atoms with Gasteiger partial charge in [0, 0.05) is 40.8 Å². The summed E-state index contributed by atoms with van der Waals surface area (Å²) < 4.78 is 47.8. The quantitative estimate of drug-likeness (QED) is 0.105. The summed E-state index contributed by atoms with van der Waals surface area (Å²) in [5.74, 6) is 2.08. The molecule has 0 N–H and O–H groups in total. The number of benzene rings is 10. The fourth-order valence-corrected chi connectivity index (χ4v) is 17.8. The summed E-state index contributed by atoms with van der Waals surface area (Å²) in [5.41, 5.74) is 27.0. The van der Waals surface area contributed by atoms with Crippen LogP contribution in [0.15, 0.2) is 306 Å². The largest absolute Gasteiger partial charge is 2.00 e. The first-order valence-electron chi connectivity index (χ1n) is 39.5. The Kier molecular flexibility index (Phi) is 20.3. The molecule has 0 radical (unpaired) electrons. The van der Waals surface area contributed by atoms with Gasteiger partial charge in [0.1, 0.15) is 33.7 Å². The summed E-state index contributed by atoms with van der Waals surface area (Å²) in [4.78, 5) is 34.4. The van der Waals surface area contributed by atoms with E-state index in [0.717, 1.165) is 173 Å².